The van der Waals surface area contributed by atoms with Crippen LogP contribution >= 0.6 is 0 Å². The van der Waals surface area contributed by atoms with E-state index in [1.807, 2.05) is 62.4 Å². The van der Waals surface area contributed by atoms with Crippen LogP contribution in [0.1, 0.15) is 30.0 Å². The molecule has 2 aromatic rings. The molecule has 25 heavy (non-hydrogen) atoms. The number of likely N-dealkylation sites (N-methyl/N-ethyl adjacent to an activating group) is 1. The Morgan fingerprint density at radius 3 is 2.32 bits per heavy atom. The predicted octanol–water partition coefficient (Wildman–Crippen LogP) is 3.09. The van der Waals surface area contributed by atoms with E-state index < -0.39 is 6.04 Å². The molecule has 2 rings (SSSR count). The molecule has 0 fully saturated rings. The fourth-order valence-electron chi connectivity index (χ4n) is 2.97. The summed E-state index contributed by atoms with van der Waals surface area (Å²) in [6.45, 7) is 4.38. The number of nitrogens with zero attached hydrogens (tertiary/aromatic N) is 1. The summed E-state index contributed by atoms with van der Waals surface area (Å²) in [5.74, 6) is -0.167. The molecular formula is C21H26N2O2. The van der Waals surface area contributed by atoms with Crippen molar-refractivity contribution in [2.45, 2.75) is 39.3 Å². The van der Waals surface area contributed by atoms with Gasteiger partial charge in [-0.15, -0.1) is 0 Å². The Hall–Kier alpha value is -2.62. The summed E-state index contributed by atoms with van der Waals surface area (Å²) < 4.78 is 0. The SMILES string of the molecule is CCC(C(=O)NC)N(Cc1cccc(C)c1)C(=O)Cc1ccccc1. The summed E-state index contributed by atoms with van der Waals surface area (Å²) in [5, 5.41) is 2.68. The minimum Gasteiger partial charge on any atom is -0.357 e. The molecule has 0 bridgehead atoms. The first-order valence-electron chi connectivity index (χ1n) is 8.65. The van der Waals surface area contributed by atoms with Gasteiger partial charge in [0.2, 0.25) is 11.8 Å². The maximum Gasteiger partial charge on any atom is 0.242 e. The van der Waals surface area contributed by atoms with Crippen LogP contribution in [0.3, 0.4) is 0 Å². The van der Waals surface area contributed by atoms with Crippen LogP contribution in [0, 0.1) is 6.92 Å². The predicted molar refractivity (Wildman–Crippen MR) is 100 cm³/mol. The molecule has 0 aliphatic carbocycles. The highest BCUT2D eigenvalue weighted by Gasteiger charge is 2.27. The molecule has 0 saturated carbocycles. The van der Waals surface area contributed by atoms with Gasteiger partial charge in [0.05, 0.1) is 6.42 Å². The number of nitrogens with one attached hydrogen (secondary N) is 1. The van der Waals surface area contributed by atoms with Gasteiger partial charge in [0.1, 0.15) is 6.04 Å². The van der Waals surface area contributed by atoms with Crippen LogP contribution in [0.2, 0.25) is 0 Å². The normalized spacial score (nSPS) is 11.6. The Balaban J connectivity index is 2.27. The van der Waals surface area contributed by atoms with Gasteiger partial charge in [-0.2, -0.15) is 0 Å². The quantitative estimate of drug-likeness (QED) is 0.843. The van der Waals surface area contributed by atoms with E-state index in [0.29, 0.717) is 19.4 Å². The van der Waals surface area contributed by atoms with Crippen LogP contribution in [-0.4, -0.2) is 29.8 Å². The topological polar surface area (TPSA) is 49.4 Å². The van der Waals surface area contributed by atoms with Crippen LogP contribution in [-0.2, 0) is 22.6 Å². The van der Waals surface area contributed by atoms with Crippen molar-refractivity contribution in [1.82, 2.24) is 10.2 Å². The highest BCUT2D eigenvalue weighted by Crippen LogP contribution is 2.15. The van der Waals surface area contributed by atoms with Crippen molar-refractivity contribution in [2.75, 3.05) is 7.05 Å². The Morgan fingerprint density at radius 2 is 1.72 bits per heavy atom. The zero-order chi connectivity index (χ0) is 18.2. The van der Waals surface area contributed by atoms with E-state index in [1.165, 1.54) is 0 Å². The van der Waals surface area contributed by atoms with E-state index in [2.05, 4.69) is 11.4 Å². The third-order valence-electron chi connectivity index (χ3n) is 4.27. The molecule has 132 valence electrons. The number of amides is 2. The minimum absolute atomic E-state index is 0.0387. The number of hydrogen-bond donors (Lipinski definition) is 1. The average Bonchev–Trinajstić information content (AvgIpc) is 2.62. The van der Waals surface area contributed by atoms with Gasteiger partial charge >= 0.3 is 0 Å². The standard InChI is InChI=1S/C21H26N2O2/c1-4-19(21(25)22-3)23(15-18-12-8-9-16(2)13-18)20(24)14-17-10-6-5-7-11-17/h5-13,19H,4,14-15H2,1-3H3,(H,22,25). The molecule has 4 nitrogen and oxygen atoms in total. The second-order valence-electron chi connectivity index (χ2n) is 6.21. The summed E-state index contributed by atoms with van der Waals surface area (Å²) in [4.78, 5) is 27.0. The summed E-state index contributed by atoms with van der Waals surface area (Å²) in [6, 6.07) is 17.2. The summed E-state index contributed by atoms with van der Waals surface area (Å²) in [7, 11) is 1.61. The van der Waals surface area contributed by atoms with Crippen molar-refractivity contribution >= 4 is 11.8 Å². The lowest BCUT2D eigenvalue weighted by molar-refractivity contribution is -0.140. The number of rotatable bonds is 7. The molecule has 0 radical (unpaired) electrons. The monoisotopic (exact) mass is 338 g/mol. The Morgan fingerprint density at radius 1 is 1.04 bits per heavy atom. The average molecular weight is 338 g/mol. The molecule has 0 aliphatic heterocycles. The van der Waals surface area contributed by atoms with Crippen molar-refractivity contribution in [1.29, 1.82) is 0 Å². The van der Waals surface area contributed by atoms with Gasteiger partial charge in [-0.1, -0.05) is 67.1 Å². The molecule has 0 spiro atoms. The van der Waals surface area contributed by atoms with Gasteiger partial charge < -0.3 is 10.2 Å². The zero-order valence-electron chi connectivity index (χ0n) is 15.2. The smallest absolute Gasteiger partial charge is 0.242 e. The lowest BCUT2D eigenvalue weighted by Crippen LogP contribution is -2.48. The van der Waals surface area contributed by atoms with E-state index in [-0.39, 0.29) is 11.8 Å². The van der Waals surface area contributed by atoms with Gasteiger partial charge in [-0.25, -0.2) is 0 Å². The van der Waals surface area contributed by atoms with E-state index in [1.54, 1.807) is 11.9 Å². The zero-order valence-corrected chi connectivity index (χ0v) is 15.2. The van der Waals surface area contributed by atoms with Gasteiger partial charge in [0, 0.05) is 13.6 Å². The molecule has 4 heteroatoms. The maximum absolute atomic E-state index is 13.0. The fourth-order valence-corrected chi connectivity index (χ4v) is 2.97. The number of carbonyl (C=O) groups excluding carboxylic acids is 2. The summed E-state index contributed by atoms with van der Waals surface area (Å²) in [5.41, 5.74) is 3.12. The van der Waals surface area contributed by atoms with E-state index in [9.17, 15) is 9.59 Å². The molecular weight excluding hydrogens is 312 g/mol. The minimum atomic E-state index is -0.471. The van der Waals surface area contributed by atoms with E-state index >= 15 is 0 Å². The van der Waals surface area contributed by atoms with Crippen LogP contribution < -0.4 is 5.32 Å². The molecule has 0 heterocycles. The van der Waals surface area contributed by atoms with Crippen molar-refractivity contribution in [3.05, 3.63) is 71.3 Å². The first-order valence-corrected chi connectivity index (χ1v) is 8.65. The van der Waals surface area contributed by atoms with Gasteiger partial charge in [0.25, 0.3) is 0 Å². The maximum atomic E-state index is 13.0. The second kappa shape index (κ2) is 9.02. The molecule has 0 aliphatic rings. The second-order valence-corrected chi connectivity index (χ2v) is 6.21. The lowest BCUT2D eigenvalue weighted by atomic mass is 10.1. The van der Waals surface area contributed by atoms with Gasteiger partial charge in [0.15, 0.2) is 0 Å². The van der Waals surface area contributed by atoms with Crippen molar-refractivity contribution in [3.63, 3.8) is 0 Å². The molecule has 1 N–H and O–H groups in total. The third kappa shape index (κ3) is 5.18. The first kappa shape index (κ1) is 18.7. The van der Waals surface area contributed by atoms with Crippen molar-refractivity contribution < 1.29 is 9.59 Å². The van der Waals surface area contributed by atoms with Crippen LogP contribution in [0.15, 0.2) is 54.6 Å². The largest absolute Gasteiger partial charge is 0.357 e. The Bertz CT molecular complexity index is 713. The number of aryl methyl sites for hydroxylation is 1. The fraction of sp³-hybridized carbons (Fsp3) is 0.333. The number of benzene rings is 2. The third-order valence-corrected chi connectivity index (χ3v) is 4.27. The number of hydrogen-bond acceptors (Lipinski definition) is 2. The first-order chi connectivity index (χ1) is 12.0. The molecule has 2 amide bonds. The van der Waals surface area contributed by atoms with Crippen LogP contribution in [0.4, 0.5) is 0 Å². The van der Waals surface area contributed by atoms with Crippen LogP contribution in [0.5, 0.6) is 0 Å². The van der Waals surface area contributed by atoms with Gasteiger partial charge in [-0.05, 0) is 24.5 Å². The lowest BCUT2D eigenvalue weighted by Gasteiger charge is -2.30. The van der Waals surface area contributed by atoms with Crippen molar-refractivity contribution in [2.24, 2.45) is 0 Å². The highest BCUT2D eigenvalue weighted by molar-refractivity contribution is 5.88. The highest BCUT2D eigenvalue weighted by atomic mass is 16.2. The molecule has 0 aromatic heterocycles. The summed E-state index contributed by atoms with van der Waals surface area (Å²) >= 11 is 0. The van der Waals surface area contributed by atoms with Gasteiger partial charge in [-0.3, -0.25) is 9.59 Å². The molecule has 1 unspecified atom stereocenters. The van der Waals surface area contributed by atoms with Crippen molar-refractivity contribution in [3.8, 4) is 0 Å². The molecule has 1 atom stereocenters. The molecule has 2 aromatic carbocycles. The molecule has 0 saturated heterocycles. The van der Waals surface area contributed by atoms with Crippen LogP contribution in [0.25, 0.3) is 0 Å². The number of carbonyl (C=O) groups is 2. The Labute approximate surface area is 149 Å². The Kier molecular flexibility index (Phi) is 6.75. The van der Waals surface area contributed by atoms with E-state index in [0.717, 1.165) is 16.7 Å². The van der Waals surface area contributed by atoms with E-state index in [4.69, 9.17) is 0 Å². The summed E-state index contributed by atoms with van der Waals surface area (Å²) in [6.07, 6.45) is 0.867.